The van der Waals surface area contributed by atoms with Crippen molar-refractivity contribution in [1.29, 1.82) is 0 Å². The third-order valence-corrected chi connectivity index (χ3v) is 3.04. The lowest BCUT2D eigenvalue weighted by atomic mass is 10.4. The van der Waals surface area contributed by atoms with Gasteiger partial charge in [0.15, 0.2) is 0 Å². The minimum Gasteiger partial charge on any atom is -0.610 e. The minimum atomic E-state index is -1.09. The molecule has 0 saturated heterocycles. The van der Waals surface area contributed by atoms with E-state index in [0.29, 0.717) is 22.2 Å². The highest BCUT2D eigenvalue weighted by molar-refractivity contribution is 7.91. The minimum absolute atomic E-state index is 0.512. The topological polar surface area (TPSA) is 70.4 Å². The monoisotopic (exact) mass is 227 g/mol. The molecule has 0 fully saturated rings. The maximum Gasteiger partial charge on any atom is 0.266 e. The molecule has 1 atom stereocenters. The molecule has 5 nitrogen and oxygen atoms in total. The van der Waals surface area contributed by atoms with Gasteiger partial charge in [0.05, 0.1) is 12.4 Å². The van der Waals surface area contributed by atoms with Gasteiger partial charge in [0, 0.05) is 11.2 Å². The van der Waals surface area contributed by atoms with Crippen LogP contribution in [0.4, 0.5) is 0 Å². The van der Waals surface area contributed by atoms with E-state index in [1.807, 2.05) is 6.92 Å². The van der Waals surface area contributed by atoms with E-state index >= 15 is 0 Å². The molecule has 1 unspecified atom stereocenters. The molecule has 0 radical (unpaired) electrons. The van der Waals surface area contributed by atoms with E-state index in [1.165, 1.54) is 13.3 Å². The predicted octanol–water partition coefficient (Wildman–Crippen LogP) is 0.893. The highest BCUT2D eigenvalue weighted by atomic mass is 32.2. The van der Waals surface area contributed by atoms with Crippen molar-refractivity contribution in [3.63, 3.8) is 0 Å². The number of rotatable bonds is 4. The van der Waals surface area contributed by atoms with Crippen LogP contribution in [0.25, 0.3) is 0 Å². The summed E-state index contributed by atoms with van der Waals surface area (Å²) in [6, 6.07) is 0. The van der Waals surface area contributed by atoms with Crippen molar-refractivity contribution in [2.45, 2.75) is 18.9 Å². The number of hydrogen-bond donors (Lipinski definition) is 0. The van der Waals surface area contributed by atoms with Crippen molar-refractivity contribution in [2.24, 2.45) is 5.16 Å². The van der Waals surface area contributed by atoms with Gasteiger partial charge < -0.3 is 9.39 Å². The Bertz CT molecular complexity index is 357. The van der Waals surface area contributed by atoms with Crippen molar-refractivity contribution in [1.82, 2.24) is 9.97 Å². The molecule has 0 N–H and O–H groups in total. The molecular weight excluding hydrogens is 214 g/mol. The second-order valence-electron chi connectivity index (χ2n) is 2.74. The first-order valence-corrected chi connectivity index (χ1v) is 5.79. The first kappa shape index (κ1) is 11.9. The van der Waals surface area contributed by atoms with Gasteiger partial charge in [0.2, 0.25) is 0 Å². The van der Waals surface area contributed by atoms with Crippen LogP contribution in [0.3, 0.4) is 0 Å². The Kier molecular flexibility index (Phi) is 4.51. The largest absolute Gasteiger partial charge is 0.610 e. The number of nitrogens with zero attached hydrogens (tertiary/aromatic N) is 3. The summed E-state index contributed by atoms with van der Waals surface area (Å²) >= 11 is -1.09. The van der Waals surface area contributed by atoms with Gasteiger partial charge in [-0.05, 0) is 13.8 Å². The average Bonchev–Trinajstić information content (AvgIpc) is 2.27. The Morgan fingerprint density at radius 1 is 1.67 bits per heavy atom. The van der Waals surface area contributed by atoms with E-state index in [1.54, 1.807) is 13.1 Å². The molecule has 0 bridgehead atoms. The van der Waals surface area contributed by atoms with Gasteiger partial charge in [-0.15, -0.1) is 0 Å². The Hall–Kier alpha value is -1.14. The maximum atomic E-state index is 11.6. The van der Waals surface area contributed by atoms with Gasteiger partial charge in [-0.25, -0.2) is 0 Å². The number of aromatic nitrogens is 2. The molecule has 0 aliphatic carbocycles. The Morgan fingerprint density at radius 3 is 3.00 bits per heavy atom. The molecule has 82 valence electrons. The van der Waals surface area contributed by atoms with Gasteiger partial charge in [-0.2, -0.15) is 4.98 Å². The zero-order valence-corrected chi connectivity index (χ0v) is 9.74. The van der Waals surface area contributed by atoms with Crippen LogP contribution in [0.1, 0.15) is 18.3 Å². The lowest BCUT2D eigenvalue weighted by Gasteiger charge is -2.08. The van der Waals surface area contributed by atoms with Crippen LogP contribution in [0, 0.1) is 6.92 Å². The van der Waals surface area contributed by atoms with Crippen molar-refractivity contribution in [3.8, 4) is 0 Å². The highest BCUT2D eigenvalue weighted by Crippen LogP contribution is 2.11. The molecule has 0 aromatic carbocycles. The van der Waals surface area contributed by atoms with E-state index in [9.17, 15) is 4.55 Å². The second-order valence-corrected chi connectivity index (χ2v) is 4.39. The quantitative estimate of drug-likeness (QED) is 0.435. The van der Waals surface area contributed by atoms with Gasteiger partial charge in [-0.1, -0.05) is 5.16 Å². The van der Waals surface area contributed by atoms with Gasteiger partial charge >= 0.3 is 0 Å². The Balaban J connectivity index is 2.99. The van der Waals surface area contributed by atoms with Crippen molar-refractivity contribution < 1.29 is 9.39 Å². The zero-order valence-electron chi connectivity index (χ0n) is 8.93. The van der Waals surface area contributed by atoms with E-state index < -0.39 is 11.2 Å². The standard InChI is InChI=1S/C9H13N3O2S/c1-4-15(13)9-7(2)10-5-8(12-9)6-11-14-3/h5-6H,4H2,1-3H3/b11-6+. The number of hydrogen-bond acceptors (Lipinski definition) is 5. The van der Waals surface area contributed by atoms with Crippen LogP contribution in [0.2, 0.25) is 0 Å². The Morgan fingerprint density at radius 2 is 2.40 bits per heavy atom. The fourth-order valence-corrected chi connectivity index (χ4v) is 1.83. The average molecular weight is 227 g/mol. The molecule has 0 spiro atoms. The zero-order chi connectivity index (χ0) is 11.3. The number of aryl methyl sites for hydroxylation is 1. The van der Waals surface area contributed by atoms with Gasteiger partial charge in [0.25, 0.3) is 5.03 Å². The summed E-state index contributed by atoms with van der Waals surface area (Å²) in [7, 11) is 1.45. The summed E-state index contributed by atoms with van der Waals surface area (Å²) in [4.78, 5) is 12.8. The lowest BCUT2D eigenvalue weighted by Crippen LogP contribution is -2.11. The molecular formula is C9H13N3O2S. The molecule has 1 heterocycles. The SMILES string of the molecule is CC[S+]([O-])c1nc(/C=N/OC)cnc1C. The van der Waals surface area contributed by atoms with Crippen LogP contribution in [-0.2, 0) is 16.0 Å². The summed E-state index contributed by atoms with van der Waals surface area (Å²) in [5.41, 5.74) is 1.23. The molecule has 0 aliphatic rings. The molecule has 15 heavy (non-hydrogen) atoms. The van der Waals surface area contributed by atoms with Crippen LogP contribution in [0.15, 0.2) is 16.4 Å². The van der Waals surface area contributed by atoms with E-state index in [4.69, 9.17) is 0 Å². The first-order valence-electron chi connectivity index (χ1n) is 4.47. The maximum absolute atomic E-state index is 11.6. The van der Waals surface area contributed by atoms with Crippen molar-refractivity contribution in [2.75, 3.05) is 12.9 Å². The smallest absolute Gasteiger partial charge is 0.266 e. The van der Waals surface area contributed by atoms with Crippen LogP contribution in [-0.4, -0.2) is 33.6 Å². The third-order valence-electron chi connectivity index (χ3n) is 1.70. The third kappa shape index (κ3) is 3.17. The van der Waals surface area contributed by atoms with Gasteiger partial charge in [-0.3, -0.25) is 4.98 Å². The summed E-state index contributed by atoms with van der Waals surface area (Å²) in [5.74, 6) is 0.528. The van der Waals surface area contributed by atoms with Gasteiger partial charge in [0.1, 0.15) is 24.3 Å². The van der Waals surface area contributed by atoms with E-state index in [0.717, 1.165) is 0 Å². The van der Waals surface area contributed by atoms with E-state index in [2.05, 4.69) is 20.0 Å². The molecule has 0 saturated carbocycles. The molecule has 1 aromatic heterocycles. The highest BCUT2D eigenvalue weighted by Gasteiger charge is 2.15. The fourth-order valence-electron chi connectivity index (χ4n) is 0.966. The summed E-state index contributed by atoms with van der Waals surface area (Å²) < 4.78 is 11.6. The van der Waals surface area contributed by atoms with E-state index in [-0.39, 0.29) is 0 Å². The molecule has 1 aromatic rings. The molecule has 0 aliphatic heterocycles. The second kappa shape index (κ2) is 5.67. The number of oxime groups is 1. The normalized spacial score (nSPS) is 13.1. The van der Waals surface area contributed by atoms with Crippen molar-refractivity contribution in [3.05, 3.63) is 17.6 Å². The van der Waals surface area contributed by atoms with Crippen molar-refractivity contribution >= 4 is 17.4 Å². The molecule has 0 amide bonds. The van der Waals surface area contributed by atoms with Crippen LogP contribution in [0.5, 0.6) is 0 Å². The van der Waals surface area contributed by atoms with Crippen LogP contribution >= 0.6 is 0 Å². The lowest BCUT2D eigenvalue weighted by molar-refractivity contribution is 0.215. The Labute approximate surface area is 91.8 Å². The fraction of sp³-hybridized carbons (Fsp3) is 0.444. The summed E-state index contributed by atoms with van der Waals surface area (Å²) in [5, 5.41) is 4.08. The van der Waals surface area contributed by atoms with Crippen LogP contribution < -0.4 is 0 Å². The predicted molar refractivity (Wildman–Crippen MR) is 58.3 cm³/mol. The summed E-state index contributed by atoms with van der Waals surface area (Å²) in [6.45, 7) is 3.63. The first-order chi connectivity index (χ1) is 7.19. The summed E-state index contributed by atoms with van der Waals surface area (Å²) in [6.07, 6.45) is 3.00. The molecule has 6 heteroatoms. The molecule has 1 rings (SSSR count).